The third-order valence-electron chi connectivity index (χ3n) is 5.67. The van der Waals surface area contributed by atoms with E-state index in [0.717, 1.165) is 44.0 Å². The third-order valence-corrected chi connectivity index (χ3v) is 6.56. The molecule has 5 rings (SSSR count). The molecule has 0 aromatic carbocycles. The number of hydrogen-bond acceptors (Lipinski definition) is 4. The van der Waals surface area contributed by atoms with Gasteiger partial charge in [-0.05, 0) is 43.3 Å². The molecule has 1 amide bonds. The van der Waals surface area contributed by atoms with Gasteiger partial charge in [0.25, 0.3) is 5.91 Å². The number of hydrogen-bond donors (Lipinski definition) is 0. The predicted molar refractivity (Wildman–Crippen MR) is 101 cm³/mol. The number of nitrogens with zero attached hydrogens (tertiary/aromatic N) is 4. The SMILES string of the molecule is Cc1cccc(C(=O)N2CC[C@]3(CCn4c(-c5cccs5)cnc43)C2)n1. The Hall–Kier alpha value is -2.47. The highest BCUT2D eigenvalue weighted by Crippen LogP contribution is 2.44. The average molecular weight is 364 g/mol. The van der Waals surface area contributed by atoms with E-state index in [0.29, 0.717) is 5.69 Å². The maximum atomic E-state index is 12.9. The summed E-state index contributed by atoms with van der Waals surface area (Å²) in [6.07, 6.45) is 4.03. The summed E-state index contributed by atoms with van der Waals surface area (Å²) < 4.78 is 2.35. The summed E-state index contributed by atoms with van der Waals surface area (Å²) in [5.74, 6) is 1.18. The van der Waals surface area contributed by atoms with Gasteiger partial charge in [0.15, 0.2) is 0 Å². The van der Waals surface area contributed by atoms with Crippen molar-refractivity contribution in [2.45, 2.75) is 31.7 Å². The Kier molecular flexibility index (Phi) is 3.50. The van der Waals surface area contributed by atoms with Crippen molar-refractivity contribution in [1.82, 2.24) is 19.4 Å². The number of aryl methyl sites for hydroxylation is 1. The van der Waals surface area contributed by atoms with E-state index in [1.807, 2.05) is 36.2 Å². The number of carbonyl (C=O) groups excluding carboxylic acids is 1. The Balaban J connectivity index is 1.43. The molecule has 26 heavy (non-hydrogen) atoms. The summed E-state index contributed by atoms with van der Waals surface area (Å²) in [5.41, 5.74) is 2.62. The first kappa shape index (κ1) is 15.8. The molecule has 1 spiro atoms. The van der Waals surface area contributed by atoms with E-state index < -0.39 is 0 Å². The number of imidazole rings is 1. The van der Waals surface area contributed by atoms with Gasteiger partial charge in [-0.2, -0.15) is 0 Å². The maximum absolute atomic E-state index is 12.9. The van der Waals surface area contributed by atoms with Crippen molar-refractivity contribution in [2.24, 2.45) is 0 Å². The largest absolute Gasteiger partial charge is 0.336 e. The van der Waals surface area contributed by atoms with Crippen LogP contribution in [-0.2, 0) is 12.0 Å². The van der Waals surface area contributed by atoms with E-state index in [9.17, 15) is 4.79 Å². The van der Waals surface area contributed by atoms with Gasteiger partial charge in [0.1, 0.15) is 11.5 Å². The van der Waals surface area contributed by atoms with E-state index in [4.69, 9.17) is 4.98 Å². The molecule has 0 aliphatic carbocycles. The molecule has 0 N–H and O–H groups in total. The zero-order chi connectivity index (χ0) is 17.7. The van der Waals surface area contributed by atoms with E-state index in [1.165, 1.54) is 10.6 Å². The second kappa shape index (κ2) is 5.77. The van der Waals surface area contributed by atoms with Crippen LogP contribution in [0, 0.1) is 6.92 Å². The van der Waals surface area contributed by atoms with Gasteiger partial charge in [-0.1, -0.05) is 12.1 Å². The first-order valence-electron chi connectivity index (χ1n) is 8.99. The maximum Gasteiger partial charge on any atom is 0.272 e. The van der Waals surface area contributed by atoms with Crippen LogP contribution in [0.25, 0.3) is 10.6 Å². The molecule has 5 heterocycles. The predicted octanol–water partition coefficient (Wildman–Crippen LogP) is 3.50. The highest BCUT2D eigenvalue weighted by Gasteiger charge is 2.48. The molecule has 0 radical (unpaired) electrons. The molecule has 1 saturated heterocycles. The molecule has 1 atom stereocenters. The van der Waals surface area contributed by atoms with Crippen LogP contribution in [-0.4, -0.2) is 38.4 Å². The normalized spacial score (nSPS) is 21.5. The standard InChI is InChI=1S/C20H20N4OS/c1-14-4-2-5-15(22-14)18(25)23-9-7-20(13-23)8-10-24-16(12-21-19(20)24)17-6-3-11-26-17/h2-6,11-12H,7-10,13H2,1H3/t20-/m0/s1. The van der Waals surface area contributed by atoms with Crippen molar-refractivity contribution < 1.29 is 4.79 Å². The zero-order valence-electron chi connectivity index (χ0n) is 14.7. The topological polar surface area (TPSA) is 51.0 Å². The van der Waals surface area contributed by atoms with Crippen LogP contribution < -0.4 is 0 Å². The summed E-state index contributed by atoms with van der Waals surface area (Å²) in [7, 11) is 0. The Morgan fingerprint density at radius 1 is 1.19 bits per heavy atom. The van der Waals surface area contributed by atoms with Gasteiger partial charge in [-0.15, -0.1) is 11.3 Å². The van der Waals surface area contributed by atoms with Gasteiger partial charge in [0.05, 0.1) is 16.8 Å². The zero-order valence-corrected chi connectivity index (χ0v) is 15.5. The third kappa shape index (κ3) is 2.32. The number of aromatic nitrogens is 3. The van der Waals surface area contributed by atoms with Gasteiger partial charge in [0.2, 0.25) is 0 Å². The number of thiophene rings is 1. The molecule has 0 saturated carbocycles. The van der Waals surface area contributed by atoms with E-state index in [-0.39, 0.29) is 11.3 Å². The van der Waals surface area contributed by atoms with Crippen LogP contribution in [0.3, 0.4) is 0 Å². The molecule has 0 bridgehead atoms. The van der Waals surface area contributed by atoms with E-state index in [2.05, 4.69) is 27.1 Å². The molecule has 2 aliphatic heterocycles. The first-order chi connectivity index (χ1) is 12.7. The van der Waals surface area contributed by atoms with E-state index in [1.54, 1.807) is 11.3 Å². The average Bonchev–Trinajstić information content (AvgIpc) is 3.41. The quantitative estimate of drug-likeness (QED) is 0.699. The molecule has 3 aromatic heterocycles. The highest BCUT2D eigenvalue weighted by molar-refractivity contribution is 7.13. The van der Waals surface area contributed by atoms with Gasteiger partial charge in [-0.3, -0.25) is 4.79 Å². The smallest absolute Gasteiger partial charge is 0.272 e. The fourth-order valence-electron chi connectivity index (χ4n) is 4.34. The van der Waals surface area contributed by atoms with Crippen LogP contribution in [0.2, 0.25) is 0 Å². The molecule has 3 aromatic rings. The Labute approximate surface area is 156 Å². The Morgan fingerprint density at radius 2 is 2.08 bits per heavy atom. The van der Waals surface area contributed by atoms with Crippen molar-refractivity contribution >= 4 is 17.2 Å². The molecular weight excluding hydrogens is 344 g/mol. The minimum atomic E-state index is -0.00497. The van der Waals surface area contributed by atoms with Gasteiger partial charge in [-0.25, -0.2) is 9.97 Å². The molecule has 2 aliphatic rings. The second-order valence-electron chi connectivity index (χ2n) is 7.27. The lowest BCUT2D eigenvalue weighted by Gasteiger charge is -2.22. The number of pyridine rings is 1. The lowest BCUT2D eigenvalue weighted by atomic mass is 9.85. The highest BCUT2D eigenvalue weighted by atomic mass is 32.1. The van der Waals surface area contributed by atoms with Crippen LogP contribution >= 0.6 is 11.3 Å². The number of likely N-dealkylation sites (tertiary alicyclic amines) is 1. The molecule has 132 valence electrons. The number of carbonyl (C=O) groups is 1. The minimum Gasteiger partial charge on any atom is -0.336 e. The van der Waals surface area contributed by atoms with Crippen molar-refractivity contribution in [3.05, 3.63) is 59.1 Å². The fourth-order valence-corrected chi connectivity index (χ4v) is 5.08. The number of rotatable bonds is 2. The second-order valence-corrected chi connectivity index (χ2v) is 8.21. The minimum absolute atomic E-state index is 0.00497. The summed E-state index contributed by atoms with van der Waals surface area (Å²) in [6, 6.07) is 9.85. The summed E-state index contributed by atoms with van der Waals surface area (Å²) in [4.78, 5) is 25.3. The Bertz CT molecular complexity index is 978. The van der Waals surface area contributed by atoms with Crippen LogP contribution in [0.5, 0.6) is 0 Å². The number of amides is 1. The van der Waals surface area contributed by atoms with Crippen molar-refractivity contribution in [2.75, 3.05) is 13.1 Å². The summed E-state index contributed by atoms with van der Waals surface area (Å²) >= 11 is 1.75. The van der Waals surface area contributed by atoms with Gasteiger partial charge in [0, 0.05) is 30.7 Å². The van der Waals surface area contributed by atoms with Crippen molar-refractivity contribution in [3.63, 3.8) is 0 Å². The van der Waals surface area contributed by atoms with Gasteiger partial charge >= 0.3 is 0 Å². The van der Waals surface area contributed by atoms with Crippen LogP contribution in [0.4, 0.5) is 0 Å². The van der Waals surface area contributed by atoms with Gasteiger partial charge < -0.3 is 9.47 Å². The van der Waals surface area contributed by atoms with Crippen LogP contribution in [0.15, 0.2) is 41.9 Å². The first-order valence-corrected chi connectivity index (χ1v) is 9.87. The van der Waals surface area contributed by atoms with E-state index >= 15 is 0 Å². The molecule has 5 nitrogen and oxygen atoms in total. The fraction of sp³-hybridized carbons (Fsp3) is 0.350. The summed E-state index contributed by atoms with van der Waals surface area (Å²) in [5, 5.41) is 2.10. The molecular formula is C20H20N4OS. The lowest BCUT2D eigenvalue weighted by Crippen LogP contribution is -2.34. The Morgan fingerprint density at radius 3 is 2.88 bits per heavy atom. The van der Waals surface area contributed by atoms with Crippen molar-refractivity contribution in [3.8, 4) is 10.6 Å². The molecule has 1 fully saturated rings. The lowest BCUT2D eigenvalue weighted by molar-refractivity contribution is 0.0777. The molecule has 6 heteroatoms. The van der Waals surface area contributed by atoms with Crippen molar-refractivity contribution in [1.29, 1.82) is 0 Å². The number of fused-ring (bicyclic) bond motifs is 2. The molecule has 0 unspecified atom stereocenters. The van der Waals surface area contributed by atoms with Crippen LogP contribution in [0.1, 0.15) is 34.8 Å². The monoisotopic (exact) mass is 364 g/mol. The summed E-state index contributed by atoms with van der Waals surface area (Å²) in [6.45, 7) is 4.41.